The fourth-order valence-electron chi connectivity index (χ4n) is 1.25. The average Bonchev–Trinajstić information content (AvgIpc) is 2.07. The Labute approximate surface area is 60.7 Å². The van der Waals surface area contributed by atoms with Crippen molar-refractivity contribution in [3.8, 4) is 0 Å². The van der Waals surface area contributed by atoms with Crippen LogP contribution in [0.2, 0.25) is 0 Å². The normalized spacial score (nSPS) is 30.3. The van der Waals surface area contributed by atoms with Gasteiger partial charge in [-0.15, -0.1) is 0 Å². The molecule has 0 saturated carbocycles. The quantitative estimate of drug-likeness (QED) is 0.531. The van der Waals surface area contributed by atoms with Crippen LogP contribution in [0.1, 0.15) is 13.8 Å². The van der Waals surface area contributed by atoms with Crippen molar-refractivity contribution < 1.29 is 9.53 Å². The zero-order chi connectivity index (χ0) is 7.78. The smallest absolute Gasteiger partial charge is 0.323 e. The van der Waals surface area contributed by atoms with Crippen LogP contribution in [0.3, 0.4) is 0 Å². The topological polar surface area (TPSA) is 38.3 Å². The van der Waals surface area contributed by atoms with Crippen molar-refractivity contribution in [1.29, 1.82) is 0 Å². The summed E-state index contributed by atoms with van der Waals surface area (Å²) < 4.78 is 4.87. The summed E-state index contributed by atoms with van der Waals surface area (Å²) >= 11 is 0. The molecule has 1 N–H and O–H groups in total. The van der Waals surface area contributed by atoms with Crippen molar-refractivity contribution in [3.63, 3.8) is 0 Å². The van der Waals surface area contributed by atoms with Crippen LogP contribution in [0.25, 0.3) is 0 Å². The number of nitrogens with one attached hydrogen (secondary N) is 1. The van der Waals surface area contributed by atoms with Gasteiger partial charge in [0.05, 0.1) is 6.61 Å². The van der Waals surface area contributed by atoms with E-state index in [1.165, 1.54) is 0 Å². The Balaban J connectivity index is 2.73. The Morgan fingerprint density at radius 3 is 2.50 bits per heavy atom. The second kappa shape index (κ2) is 2.23. The number of hydrogen-bond acceptors (Lipinski definition) is 3. The van der Waals surface area contributed by atoms with Crippen molar-refractivity contribution in [2.75, 3.05) is 13.7 Å². The first-order valence-electron chi connectivity index (χ1n) is 3.42. The number of likely N-dealkylation sites (N-methyl/N-ethyl adjacent to an activating group) is 1. The fraction of sp³-hybridized carbons (Fsp3) is 0.857. The third-order valence-electron chi connectivity index (χ3n) is 1.89. The predicted molar refractivity (Wildman–Crippen MR) is 37.6 cm³/mol. The highest BCUT2D eigenvalue weighted by Crippen LogP contribution is 2.27. The van der Waals surface area contributed by atoms with Gasteiger partial charge in [-0.3, -0.25) is 4.79 Å². The molecule has 0 amide bonds. The molecule has 0 aromatic carbocycles. The zero-order valence-corrected chi connectivity index (χ0v) is 6.60. The maximum absolute atomic E-state index is 10.9. The molecule has 0 radical (unpaired) electrons. The van der Waals surface area contributed by atoms with Crippen molar-refractivity contribution in [3.05, 3.63) is 0 Å². The van der Waals surface area contributed by atoms with E-state index in [4.69, 9.17) is 4.74 Å². The highest BCUT2D eigenvalue weighted by Gasteiger charge is 2.42. The second-order valence-electron chi connectivity index (χ2n) is 3.32. The van der Waals surface area contributed by atoms with E-state index in [9.17, 15) is 4.79 Å². The van der Waals surface area contributed by atoms with Gasteiger partial charge >= 0.3 is 5.97 Å². The van der Waals surface area contributed by atoms with E-state index in [0.717, 1.165) is 0 Å². The molecule has 1 atom stereocenters. The van der Waals surface area contributed by atoms with Gasteiger partial charge in [-0.1, -0.05) is 13.8 Å². The highest BCUT2D eigenvalue weighted by atomic mass is 16.5. The van der Waals surface area contributed by atoms with E-state index in [0.29, 0.717) is 6.61 Å². The lowest BCUT2D eigenvalue weighted by Crippen LogP contribution is -2.41. The molecule has 3 heteroatoms. The lowest BCUT2D eigenvalue weighted by molar-refractivity contribution is -0.139. The van der Waals surface area contributed by atoms with Gasteiger partial charge in [0, 0.05) is 5.41 Å². The summed E-state index contributed by atoms with van der Waals surface area (Å²) in [6.45, 7) is 4.55. The molecule has 0 spiro atoms. The van der Waals surface area contributed by atoms with Crippen LogP contribution < -0.4 is 5.32 Å². The molecule has 3 nitrogen and oxygen atoms in total. The molecule has 1 fully saturated rings. The molecule has 1 aliphatic rings. The molecule has 0 aromatic heterocycles. The Kier molecular flexibility index (Phi) is 1.68. The number of rotatable bonds is 1. The second-order valence-corrected chi connectivity index (χ2v) is 3.32. The molecule has 0 aliphatic carbocycles. The van der Waals surface area contributed by atoms with Gasteiger partial charge in [0.25, 0.3) is 0 Å². The van der Waals surface area contributed by atoms with E-state index in [1.807, 2.05) is 13.8 Å². The minimum atomic E-state index is -0.132. The largest absolute Gasteiger partial charge is 0.464 e. The Hall–Kier alpha value is -0.570. The standard InChI is InChI=1S/C7H13NO2/c1-7(2)4-10-6(9)5(7)8-3/h5,8H,4H2,1-3H3. The Morgan fingerprint density at radius 1 is 1.70 bits per heavy atom. The molecule has 1 aliphatic heterocycles. The van der Waals surface area contributed by atoms with Crippen molar-refractivity contribution >= 4 is 5.97 Å². The Morgan fingerprint density at radius 2 is 2.30 bits per heavy atom. The third kappa shape index (κ3) is 1.01. The minimum Gasteiger partial charge on any atom is -0.464 e. The average molecular weight is 143 g/mol. The summed E-state index contributed by atoms with van der Waals surface area (Å²) in [5, 5.41) is 2.93. The maximum atomic E-state index is 10.9. The van der Waals surface area contributed by atoms with Gasteiger partial charge in [-0.2, -0.15) is 0 Å². The van der Waals surface area contributed by atoms with E-state index in [2.05, 4.69) is 5.32 Å². The third-order valence-corrected chi connectivity index (χ3v) is 1.89. The summed E-state index contributed by atoms with van der Waals surface area (Å²) in [6, 6.07) is -0.132. The summed E-state index contributed by atoms with van der Waals surface area (Å²) in [5.74, 6) is -0.132. The van der Waals surface area contributed by atoms with Crippen LogP contribution in [0.15, 0.2) is 0 Å². The van der Waals surface area contributed by atoms with E-state index in [-0.39, 0.29) is 17.4 Å². The predicted octanol–water partition coefficient (Wildman–Crippen LogP) is 0.157. The van der Waals surface area contributed by atoms with Gasteiger partial charge in [0.2, 0.25) is 0 Å². The number of ether oxygens (including phenoxy) is 1. The van der Waals surface area contributed by atoms with Crippen LogP contribution in [-0.4, -0.2) is 25.7 Å². The van der Waals surface area contributed by atoms with Crippen LogP contribution >= 0.6 is 0 Å². The number of carbonyl (C=O) groups is 1. The molecule has 0 aromatic rings. The molecule has 1 saturated heterocycles. The summed E-state index contributed by atoms with van der Waals surface area (Å²) in [5.41, 5.74) is -0.0498. The molecule has 10 heavy (non-hydrogen) atoms. The van der Waals surface area contributed by atoms with Gasteiger partial charge in [0.15, 0.2) is 0 Å². The molecule has 58 valence electrons. The number of carbonyl (C=O) groups excluding carboxylic acids is 1. The van der Waals surface area contributed by atoms with Gasteiger partial charge in [-0.25, -0.2) is 0 Å². The Bertz CT molecular complexity index is 154. The number of hydrogen-bond donors (Lipinski definition) is 1. The fourth-order valence-corrected chi connectivity index (χ4v) is 1.25. The molecular formula is C7H13NO2. The van der Waals surface area contributed by atoms with Crippen molar-refractivity contribution in [2.24, 2.45) is 5.41 Å². The van der Waals surface area contributed by atoms with Crippen molar-refractivity contribution in [1.82, 2.24) is 5.32 Å². The van der Waals surface area contributed by atoms with Gasteiger partial charge in [0.1, 0.15) is 6.04 Å². The van der Waals surface area contributed by atoms with E-state index in [1.54, 1.807) is 7.05 Å². The first kappa shape index (κ1) is 7.54. The summed E-state index contributed by atoms with van der Waals surface area (Å²) in [7, 11) is 1.78. The molecule has 0 bridgehead atoms. The monoisotopic (exact) mass is 143 g/mol. The lowest BCUT2D eigenvalue weighted by atomic mass is 9.88. The lowest BCUT2D eigenvalue weighted by Gasteiger charge is -2.20. The minimum absolute atomic E-state index is 0.0498. The van der Waals surface area contributed by atoms with Crippen LogP contribution in [0.5, 0.6) is 0 Å². The maximum Gasteiger partial charge on any atom is 0.323 e. The molecule has 1 unspecified atom stereocenters. The number of cyclic esters (lactones) is 1. The molecule has 1 rings (SSSR count). The summed E-state index contributed by atoms with van der Waals surface area (Å²) in [6.07, 6.45) is 0. The van der Waals surface area contributed by atoms with Gasteiger partial charge < -0.3 is 10.1 Å². The van der Waals surface area contributed by atoms with Crippen LogP contribution in [0.4, 0.5) is 0 Å². The van der Waals surface area contributed by atoms with E-state index < -0.39 is 0 Å². The molecule has 1 heterocycles. The zero-order valence-electron chi connectivity index (χ0n) is 6.60. The van der Waals surface area contributed by atoms with Crippen LogP contribution in [0, 0.1) is 5.41 Å². The van der Waals surface area contributed by atoms with Gasteiger partial charge in [-0.05, 0) is 7.05 Å². The molecular weight excluding hydrogens is 130 g/mol. The highest BCUT2D eigenvalue weighted by molar-refractivity contribution is 5.78. The SMILES string of the molecule is CNC1C(=O)OCC1(C)C. The number of esters is 1. The van der Waals surface area contributed by atoms with E-state index >= 15 is 0 Å². The first-order chi connectivity index (χ1) is 4.58. The first-order valence-corrected chi connectivity index (χ1v) is 3.42. The van der Waals surface area contributed by atoms with Crippen molar-refractivity contribution in [2.45, 2.75) is 19.9 Å². The van der Waals surface area contributed by atoms with Crippen LogP contribution in [-0.2, 0) is 9.53 Å². The summed E-state index contributed by atoms with van der Waals surface area (Å²) in [4.78, 5) is 10.9.